The van der Waals surface area contributed by atoms with E-state index in [0.717, 1.165) is 6.42 Å². The van der Waals surface area contributed by atoms with Gasteiger partial charge in [0.25, 0.3) is 0 Å². The van der Waals surface area contributed by atoms with E-state index >= 15 is 0 Å². The van der Waals surface area contributed by atoms with Crippen molar-refractivity contribution in [1.29, 1.82) is 0 Å². The number of benzene rings is 1. The van der Waals surface area contributed by atoms with E-state index in [4.69, 9.17) is 0 Å². The van der Waals surface area contributed by atoms with Crippen LogP contribution in [0.15, 0.2) is 24.3 Å². The Morgan fingerprint density at radius 3 is 2.54 bits per heavy atom. The maximum Gasteiger partial charge on any atom is 0.0580 e. The van der Waals surface area contributed by atoms with Gasteiger partial charge in [-0.1, -0.05) is 31.2 Å². The summed E-state index contributed by atoms with van der Waals surface area (Å²) in [5, 5.41) is 9.62. The van der Waals surface area contributed by atoms with Crippen LogP contribution < -0.4 is 0 Å². The summed E-state index contributed by atoms with van der Waals surface area (Å²) in [6.07, 6.45) is 0.878. The summed E-state index contributed by atoms with van der Waals surface area (Å²) < 4.78 is 0. The molecule has 0 saturated heterocycles. The van der Waals surface area contributed by atoms with Gasteiger partial charge < -0.3 is 5.11 Å². The summed E-state index contributed by atoms with van der Waals surface area (Å²) in [7, 11) is 0. The maximum atomic E-state index is 9.62. The molecule has 0 fully saturated rings. The van der Waals surface area contributed by atoms with Crippen molar-refractivity contribution in [1.82, 2.24) is 0 Å². The zero-order valence-corrected chi connectivity index (χ0v) is 8.20. The number of aliphatic hydroxyl groups is 1. The van der Waals surface area contributed by atoms with E-state index in [1.807, 2.05) is 6.92 Å². The fourth-order valence-corrected chi connectivity index (χ4v) is 2.39. The zero-order valence-electron chi connectivity index (χ0n) is 8.20. The second kappa shape index (κ2) is 3.15. The zero-order chi connectivity index (χ0) is 9.42. The lowest BCUT2D eigenvalue weighted by Crippen LogP contribution is -2.11. The van der Waals surface area contributed by atoms with Crippen LogP contribution in [0.5, 0.6) is 0 Å². The van der Waals surface area contributed by atoms with Crippen LogP contribution in [0.3, 0.4) is 0 Å². The van der Waals surface area contributed by atoms with Gasteiger partial charge in [-0.2, -0.15) is 0 Å². The molecule has 0 radical (unpaired) electrons. The molecule has 1 aliphatic rings. The molecule has 0 saturated carbocycles. The summed E-state index contributed by atoms with van der Waals surface area (Å²) in [6, 6.07) is 8.48. The molecule has 0 heterocycles. The lowest BCUT2D eigenvalue weighted by molar-refractivity contribution is 0.160. The Balaban J connectivity index is 2.41. The van der Waals surface area contributed by atoms with Crippen molar-refractivity contribution < 1.29 is 5.11 Å². The molecule has 1 N–H and O–H groups in total. The third kappa shape index (κ3) is 1.37. The van der Waals surface area contributed by atoms with Crippen molar-refractivity contribution in [3.8, 4) is 0 Å². The van der Waals surface area contributed by atoms with E-state index in [1.54, 1.807) is 0 Å². The molecule has 70 valence electrons. The Bertz CT molecular complexity index is 304. The van der Waals surface area contributed by atoms with Crippen molar-refractivity contribution in [2.24, 2.45) is 0 Å². The van der Waals surface area contributed by atoms with Gasteiger partial charge in [-0.3, -0.25) is 0 Å². The Kier molecular flexibility index (Phi) is 2.12. The van der Waals surface area contributed by atoms with Crippen LogP contribution in [0, 0.1) is 0 Å². The molecule has 0 spiro atoms. The minimum atomic E-state index is -0.217. The van der Waals surface area contributed by atoms with Crippen LogP contribution in [0.2, 0.25) is 0 Å². The Morgan fingerprint density at radius 2 is 1.92 bits per heavy atom. The van der Waals surface area contributed by atoms with E-state index < -0.39 is 0 Å². The molecule has 13 heavy (non-hydrogen) atoms. The average molecular weight is 176 g/mol. The molecule has 1 nitrogen and oxygen atoms in total. The first kappa shape index (κ1) is 8.76. The molecule has 2 rings (SSSR count). The highest BCUT2D eigenvalue weighted by atomic mass is 16.3. The first-order valence-corrected chi connectivity index (χ1v) is 4.97. The van der Waals surface area contributed by atoms with Gasteiger partial charge in [-0.15, -0.1) is 0 Å². The van der Waals surface area contributed by atoms with Crippen molar-refractivity contribution in [2.75, 3.05) is 0 Å². The first-order valence-electron chi connectivity index (χ1n) is 4.97. The molecular weight excluding hydrogens is 160 g/mol. The van der Waals surface area contributed by atoms with Crippen molar-refractivity contribution in [3.63, 3.8) is 0 Å². The standard InChI is InChI=1S/C12H16O/c1-8-7-12(9(2)13)11-6-4-3-5-10(8)11/h3-6,8-9,12-13H,7H2,1-2H3. The molecule has 0 aliphatic heterocycles. The van der Waals surface area contributed by atoms with Crippen molar-refractivity contribution in [3.05, 3.63) is 35.4 Å². The predicted octanol–water partition coefficient (Wildman–Crippen LogP) is 2.66. The van der Waals surface area contributed by atoms with Gasteiger partial charge >= 0.3 is 0 Å². The third-order valence-corrected chi connectivity index (χ3v) is 3.12. The van der Waals surface area contributed by atoms with Crippen LogP contribution in [0.4, 0.5) is 0 Å². The maximum absolute atomic E-state index is 9.62. The average Bonchev–Trinajstić information content (AvgIpc) is 2.45. The smallest absolute Gasteiger partial charge is 0.0580 e. The van der Waals surface area contributed by atoms with E-state index in [-0.39, 0.29) is 6.10 Å². The normalized spacial score (nSPS) is 28.5. The number of hydrogen-bond acceptors (Lipinski definition) is 1. The quantitative estimate of drug-likeness (QED) is 0.697. The van der Waals surface area contributed by atoms with E-state index in [2.05, 4.69) is 31.2 Å². The second-order valence-electron chi connectivity index (χ2n) is 4.11. The van der Waals surface area contributed by atoms with Gasteiger partial charge in [0.1, 0.15) is 0 Å². The highest BCUT2D eigenvalue weighted by molar-refractivity contribution is 5.38. The number of fused-ring (bicyclic) bond motifs is 1. The van der Waals surface area contributed by atoms with Gasteiger partial charge in [-0.05, 0) is 30.4 Å². The fraction of sp³-hybridized carbons (Fsp3) is 0.500. The van der Waals surface area contributed by atoms with Crippen molar-refractivity contribution >= 4 is 0 Å². The molecule has 0 amide bonds. The van der Waals surface area contributed by atoms with E-state index in [0.29, 0.717) is 11.8 Å². The largest absolute Gasteiger partial charge is 0.393 e. The highest BCUT2D eigenvalue weighted by Crippen LogP contribution is 2.42. The van der Waals surface area contributed by atoms with Crippen molar-refractivity contribution in [2.45, 2.75) is 38.2 Å². The third-order valence-electron chi connectivity index (χ3n) is 3.12. The van der Waals surface area contributed by atoms with Crippen LogP contribution in [-0.4, -0.2) is 11.2 Å². The topological polar surface area (TPSA) is 20.2 Å². The van der Waals surface area contributed by atoms with E-state index in [9.17, 15) is 5.11 Å². The monoisotopic (exact) mass is 176 g/mol. The van der Waals surface area contributed by atoms with Gasteiger partial charge in [-0.25, -0.2) is 0 Å². The summed E-state index contributed by atoms with van der Waals surface area (Å²) in [4.78, 5) is 0. The van der Waals surface area contributed by atoms with Crippen LogP contribution in [-0.2, 0) is 0 Å². The Morgan fingerprint density at radius 1 is 1.31 bits per heavy atom. The SMILES string of the molecule is CC1CC(C(C)O)c2ccccc21. The Hall–Kier alpha value is -0.820. The molecule has 1 aromatic carbocycles. The van der Waals surface area contributed by atoms with Gasteiger partial charge in [0.2, 0.25) is 0 Å². The lowest BCUT2D eigenvalue weighted by atomic mass is 9.96. The predicted molar refractivity (Wildman–Crippen MR) is 53.9 cm³/mol. The molecule has 1 aromatic rings. The fourth-order valence-electron chi connectivity index (χ4n) is 2.39. The second-order valence-corrected chi connectivity index (χ2v) is 4.11. The molecule has 1 aliphatic carbocycles. The summed E-state index contributed by atoms with van der Waals surface area (Å²) >= 11 is 0. The van der Waals surface area contributed by atoms with E-state index in [1.165, 1.54) is 11.1 Å². The minimum absolute atomic E-state index is 0.217. The van der Waals surface area contributed by atoms with Crippen LogP contribution in [0.1, 0.15) is 43.2 Å². The Labute approximate surface area is 79.4 Å². The van der Waals surface area contributed by atoms with Gasteiger partial charge in [0, 0.05) is 5.92 Å². The number of hydrogen-bond donors (Lipinski definition) is 1. The molecule has 0 bridgehead atoms. The minimum Gasteiger partial charge on any atom is -0.393 e. The highest BCUT2D eigenvalue weighted by Gasteiger charge is 2.30. The summed E-state index contributed by atoms with van der Waals surface area (Å²) in [5.41, 5.74) is 2.78. The summed E-state index contributed by atoms with van der Waals surface area (Å²) in [5.74, 6) is 0.960. The van der Waals surface area contributed by atoms with Gasteiger partial charge in [0.15, 0.2) is 0 Å². The van der Waals surface area contributed by atoms with Crippen LogP contribution in [0.25, 0.3) is 0 Å². The van der Waals surface area contributed by atoms with Crippen LogP contribution >= 0.6 is 0 Å². The number of aliphatic hydroxyl groups excluding tert-OH is 1. The molecular formula is C12H16O. The summed E-state index contributed by atoms with van der Waals surface area (Å²) in [6.45, 7) is 4.13. The molecule has 3 unspecified atom stereocenters. The van der Waals surface area contributed by atoms with Gasteiger partial charge in [0.05, 0.1) is 6.10 Å². The molecule has 3 atom stereocenters. The molecule has 1 heteroatoms. The first-order chi connectivity index (χ1) is 6.20. The molecule has 0 aromatic heterocycles. The lowest BCUT2D eigenvalue weighted by Gasteiger charge is -2.14. The number of rotatable bonds is 1.